The number of hydrogen-bond acceptors (Lipinski definition) is 5. The molecule has 1 aliphatic rings. The topological polar surface area (TPSA) is 83.6 Å². The van der Waals surface area contributed by atoms with Gasteiger partial charge in [0, 0.05) is 19.1 Å². The predicted octanol–water partition coefficient (Wildman–Crippen LogP) is 3.60. The molecule has 2 heterocycles. The van der Waals surface area contributed by atoms with Gasteiger partial charge >= 0.3 is 6.09 Å². The Hall–Kier alpha value is -3.09. The number of anilines is 2. The number of pyridine rings is 1. The fraction of sp³-hybridized carbons (Fsp3) is 0.409. The molecule has 7 heteroatoms. The van der Waals surface area contributed by atoms with Crippen molar-refractivity contribution in [1.29, 1.82) is 0 Å². The van der Waals surface area contributed by atoms with E-state index >= 15 is 0 Å². The maximum Gasteiger partial charge on any atom is 0.409 e. The zero-order chi connectivity index (χ0) is 20.6. The molecule has 2 N–H and O–H groups in total. The summed E-state index contributed by atoms with van der Waals surface area (Å²) in [4.78, 5) is 30.0. The van der Waals surface area contributed by atoms with Gasteiger partial charge < -0.3 is 20.3 Å². The molecule has 1 fully saturated rings. The van der Waals surface area contributed by atoms with E-state index in [2.05, 4.69) is 15.6 Å². The number of carbonyl (C=O) groups excluding carboxylic acids is 2. The first kappa shape index (κ1) is 20.6. The van der Waals surface area contributed by atoms with Crippen molar-refractivity contribution in [1.82, 2.24) is 9.88 Å². The Morgan fingerprint density at radius 3 is 2.48 bits per heavy atom. The van der Waals surface area contributed by atoms with Crippen LogP contribution in [-0.4, -0.2) is 47.6 Å². The number of amides is 2. The van der Waals surface area contributed by atoms with Gasteiger partial charge in [0.15, 0.2) is 0 Å². The zero-order valence-corrected chi connectivity index (χ0v) is 17.0. The number of carbonyl (C=O) groups is 2. The fourth-order valence-corrected chi connectivity index (χ4v) is 3.29. The van der Waals surface area contributed by atoms with Crippen LogP contribution in [0, 0.1) is 6.92 Å². The number of aromatic nitrogens is 1. The van der Waals surface area contributed by atoms with E-state index in [-0.39, 0.29) is 18.0 Å². The molecule has 0 atom stereocenters. The van der Waals surface area contributed by atoms with Crippen LogP contribution in [0.1, 0.15) is 30.9 Å². The van der Waals surface area contributed by atoms with Gasteiger partial charge in [-0.2, -0.15) is 0 Å². The minimum Gasteiger partial charge on any atom is -0.450 e. The second-order valence-electron chi connectivity index (χ2n) is 7.25. The summed E-state index contributed by atoms with van der Waals surface area (Å²) >= 11 is 0. The van der Waals surface area contributed by atoms with Crippen LogP contribution in [0.5, 0.6) is 0 Å². The van der Waals surface area contributed by atoms with Gasteiger partial charge in [0.1, 0.15) is 5.82 Å². The third-order valence-electron chi connectivity index (χ3n) is 4.91. The van der Waals surface area contributed by atoms with Crippen molar-refractivity contribution in [2.45, 2.75) is 39.2 Å². The number of piperidine rings is 1. The van der Waals surface area contributed by atoms with Crippen molar-refractivity contribution in [2.75, 3.05) is 30.3 Å². The molecule has 154 valence electrons. The number of nitrogens with one attached hydrogen (secondary N) is 2. The van der Waals surface area contributed by atoms with Crippen molar-refractivity contribution in [2.24, 2.45) is 0 Å². The summed E-state index contributed by atoms with van der Waals surface area (Å²) in [6.45, 7) is 5.59. The molecule has 1 aromatic carbocycles. The van der Waals surface area contributed by atoms with Gasteiger partial charge in [0.25, 0.3) is 0 Å². The van der Waals surface area contributed by atoms with E-state index in [9.17, 15) is 9.59 Å². The number of likely N-dealkylation sites (tertiary alicyclic amines) is 1. The number of benzene rings is 1. The van der Waals surface area contributed by atoms with Crippen LogP contribution in [0.25, 0.3) is 0 Å². The number of hydrogen-bond donors (Lipinski definition) is 2. The molecule has 2 amide bonds. The van der Waals surface area contributed by atoms with Crippen molar-refractivity contribution >= 4 is 23.5 Å². The first-order valence-electron chi connectivity index (χ1n) is 10.0. The average Bonchev–Trinajstić information content (AvgIpc) is 2.72. The Morgan fingerprint density at radius 2 is 1.86 bits per heavy atom. The highest BCUT2D eigenvalue weighted by molar-refractivity contribution is 5.91. The summed E-state index contributed by atoms with van der Waals surface area (Å²) < 4.78 is 5.04. The van der Waals surface area contributed by atoms with Gasteiger partial charge in [-0.05, 0) is 44.4 Å². The van der Waals surface area contributed by atoms with E-state index in [4.69, 9.17) is 4.74 Å². The van der Waals surface area contributed by atoms with Crippen LogP contribution in [0.4, 0.5) is 16.3 Å². The standard InChI is InChI=1S/C22H28N4O3/c1-3-29-22(28)26-12-10-18(11-13-26)24-19-8-9-20(23-15-19)25-21(27)14-17-6-4-16(2)5-7-17/h4-9,15,18,24H,3,10-14H2,1-2H3,(H,23,25,27). The summed E-state index contributed by atoms with van der Waals surface area (Å²) in [5.74, 6) is 0.443. The second-order valence-corrected chi connectivity index (χ2v) is 7.25. The third kappa shape index (κ3) is 6.20. The predicted molar refractivity (Wildman–Crippen MR) is 113 cm³/mol. The number of aryl methyl sites for hydroxylation is 1. The molecular weight excluding hydrogens is 368 g/mol. The minimum atomic E-state index is -0.238. The molecule has 3 rings (SSSR count). The lowest BCUT2D eigenvalue weighted by atomic mass is 10.1. The van der Waals surface area contributed by atoms with Crippen molar-refractivity contribution in [3.8, 4) is 0 Å². The lowest BCUT2D eigenvalue weighted by Gasteiger charge is -2.32. The monoisotopic (exact) mass is 396 g/mol. The number of ether oxygens (including phenoxy) is 1. The molecule has 7 nitrogen and oxygen atoms in total. The normalized spacial score (nSPS) is 14.3. The van der Waals surface area contributed by atoms with Crippen LogP contribution in [0.15, 0.2) is 42.6 Å². The lowest BCUT2D eigenvalue weighted by molar-refractivity contribution is -0.115. The van der Waals surface area contributed by atoms with Gasteiger partial charge in [0.2, 0.25) is 5.91 Å². The van der Waals surface area contributed by atoms with Gasteiger partial charge in [-0.15, -0.1) is 0 Å². The van der Waals surface area contributed by atoms with E-state index in [0.717, 1.165) is 24.1 Å². The molecule has 29 heavy (non-hydrogen) atoms. The highest BCUT2D eigenvalue weighted by Crippen LogP contribution is 2.18. The molecule has 0 radical (unpaired) electrons. The molecule has 1 aliphatic heterocycles. The van der Waals surface area contributed by atoms with Crippen molar-refractivity contribution in [3.05, 3.63) is 53.7 Å². The van der Waals surface area contributed by atoms with Crippen LogP contribution in [0.2, 0.25) is 0 Å². The van der Waals surface area contributed by atoms with Gasteiger partial charge in [-0.25, -0.2) is 9.78 Å². The molecule has 0 aliphatic carbocycles. The minimum absolute atomic E-state index is 0.0894. The summed E-state index contributed by atoms with van der Waals surface area (Å²) in [7, 11) is 0. The Morgan fingerprint density at radius 1 is 1.14 bits per heavy atom. The summed E-state index contributed by atoms with van der Waals surface area (Å²) in [6, 6.07) is 11.9. The Balaban J connectivity index is 1.45. The average molecular weight is 396 g/mol. The quantitative estimate of drug-likeness (QED) is 0.779. The maximum absolute atomic E-state index is 12.2. The van der Waals surface area contributed by atoms with Crippen molar-refractivity contribution < 1.29 is 14.3 Å². The summed E-state index contributed by atoms with van der Waals surface area (Å²) in [5, 5.41) is 6.27. The first-order valence-corrected chi connectivity index (χ1v) is 10.0. The van der Waals surface area contributed by atoms with Crippen LogP contribution >= 0.6 is 0 Å². The zero-order valence-electron chi connectivity index (χ0n) is 17.0. The molecule has 2 aromatic rings. The smallest absolute Gasteiger partial charge is 0.409 e. The Labute approximate surface area is 171 Å². The van der Waals surface area contributed by atoms with E-state index in [0.29, 0.717) is 31.9 Å². The molecule has 0 saturated carbocycles. The van der Waals surface area contributed by atoms with E-state index in [1.807, 2.05) is 44.2 Å². The molecule has 1 aromatic heterocycles. The first-order chi connectivity index (χ1) is 14.0. The number of rotatable bonds is 6. The summed E-state index contributed by atoms with van der Waals surface area (Å²) in [5.41, 5.74) is 3.04. The van der Waals surface area contributed by atoms with Crippen LogP contribution in [-0.2, 0) is 16.0 Å². The van der Waals surface area contributed by atoms with E-state index in [1.54, 1.807) is 17.2 Å². The van der Waals surface area contributed by atoms with E-state index in [1.165, 1.54) is 5.56 Å². The van der Waals surface area contributed by atoms with Crippen molar-refractivity contribution in [3.63, 3.8) is 0 Å². The molecule has 0 bridgehead atoms. The molecule has 0 unspecified atom stereocenters. The van der Waals surface area contributed by atoms with E-state index < -0.39 is 0 Å². The Kier molecular flexibility index (Phi) is 7.05. The lowest BCUT2D eigenvalue weighted by Crippen LogP contribution is -2.42. The largest absolute Gasteiger partial charge is 0.450 e. The molecular formula is C22H28N4O3. The highest BCUT2D eigenvalue weighted by atomic mass is 16.6. The van der Waals surface area contributed by atoms with Gasteiger partial charge in [-0.3, -0.25) is 4.79 Å². The Bertz CT molecular complexity index is 813. The maximum atomic E-state index is 12.2. The fourth-order valence-electron chi connectivity index (χ4n) is 3.29. The number of nitrogens with zero attached hydrogens (tertiary/aromatic N) is 2. The second kappa shape index (κ2) is 9.91. The third-order valence-corrected chi connectivity index (χ3v) is 4.91. The summed E-state index contributed by atoms with van der Waals surface area (Å²) in [6.07, 6.45) is 3.51. The molecule has 0 spiro atoms. The van der Waals surface area contributed by atoms with Gasteiger partial charge in [-0.1, -0.05) is 29.8 Å². The van der Waals surface area contributed by atoms with Crippen LogP contribution in [0.3, 0.4) is 0 Å². The molecule has 1 saturated heterocycles. The van der Waals surface area contributed by atoms with Gasteiger partial charge in [0.05, 0.1) is 24.9 Å². The van der Waals surface area contributed by atoms with Crippen LogP contribution < -0.4 is 10.6 Å². The SMILES string of the molecule is CCOC(=O)N1CCC(Nc2ccc(NC(=O)Cc3ccc(C)cc3)nc2)CC1. The highest BCUT2D eigenvalue weighted by Gasteiger charge is 2.23.